The Balaban J connectivity index is 2.21. The number of fused-ring (bicyclic) bond motifs is 1. The van der Waals surface area contributed by atoms with E-state index in [1.165, 1.54) is 22.3 Å². The number of hydrogen-bond donors (Lipinski definition) is 0. The quantitative estimate of drug-likeness (QED) is 0.698. The van der Waals surface area contributed by atoms with Crippen molar-refractivity contribution in [3.8, 4) is 16.9 Å². The van der Waals surface area contributed by atoms with E-state index >= 15 is 0 Å². The standard InChI is InChI=1S/C15H14O/c1-11-9-14(12-5-3-2-4-6-12)13-7-8-16-15(13)10-11/h2-6,9-10H,7-8H2,1H3. The molecule has 0 unspecified atom stereocenters. The molecule has 0 N–H and O–H groups in total. The highest BCUT2D eigenvalue weighted by Crippen LogP contribution is 2.35. The smallest absolute Gasteiger partial charge is 0.123 e. The van der Waals surface area contributed by atoms with E-state index in [9.17, 15) is 0 Å². The molecule has 0 saturated heterocycles. The first kappa shape index (κ1) is 9.46. The van der Waals surface area contributed by atoms with Crippen LogP contribution in [0.15, 0.2) is 42.5 Å². The van der Waals surface area contributed by atoms with Crippen molar-refractivity contribution in [3.63, 3.8) is 0 Å². The van der Waals surface area contributed by atoms with Gasteiger partial charge in [-0.1, -0.05) is 36.4 Å². The van der Waals surface area contributed by atoms with Crippen LogP contribution < -0.4 is 4.74 Å². The van der Waals surface area contributed by atoms with E-state index in [0.29, 0.717) is 0 Å². The van der Waals surface area contributed by atoms with E-state index in [-0.39, 0.29) is 0 Å². The van der Waals surface area contributed by atoms with Gasteiger partial charge in [-0.05, 0) is 29.7 Å². The van der Waals surface area contributed by atoms with Gasteiger partial charge < -0.3 is 4.74 Å². The second-order valence-electron chi connectivity index (χ2n) is 4.25. The Labute approximate surface area is 95.7 Å². The fourth-order valence-electron chi connectivity index (χ4n) is 2.31. The van der Waals surface area contributed by atoms with Gasteiger partial charge in [-0.3, -0.25) is 0 Å². The maximum Gasteiger partial charge on any atom is 0.123 e. The molecule has 0 radical (unpaired) electrons. The Morgan fingerprint density at radius 1 is 1.06 bits per heavy atom. The van der Waals surface area contributed by atoms with Gasteiger partial charge in [-0.25, -0.2) is 0 Å². The first-order valence-electron chi connectivity index (χ1n) is 5.66. The summed E-state index contributed by atoms with van der Waals surface area (Å²) in [6.07, 6.45) is 1.03. The molecule has 1 heterocycles. The highest BCUT2D eigenvalue weighted by atomic mass is 16.5. The topological polar surface area (TPSA) is 9.23 Å². The van der Waals surface area contributed by atoms with Gasteiger partial charge in [-0.15, -0.1) is 0 Å². The highest BCUT2D eigenvalue weighted by molar-refractivity contribution is 5.71. The van der Waals surface area contributed by atoms with Crippen LogP contribution in [0.25, 0.3) is 11.1 Å². The molecule has 0 amide bonds. The molecule has 16 heavy (non-hydrogen) atoms. The molecule has 1 nitrogen and oxygen atoms in total. The van der Waals surface area contributed by atoms with Crippen molar-refractivity contribution in [1.82, 2.24) is 0 Å². The molecule has 2 aromatic rings. The highest BCUT2D eigenvalue weighted by Gasteiger charge is 2.17. The Bertz CT molecular complexity index is 514. The van der Waals surface area contributed by atoms with Crippen molar-refractivity contribution in [2.45, 2.75) is 13.3 Å². The fraction of sp³-hybridized carbons (Fsp3) is 0.200. The predicted octanol–water partition coefficient (Wildman–Crippen LogP) is 3.60. The van der Waals surface area contributed by atoms with Crippen LogP contribution in [0.2, 0.25) is 0 Å². The van der Waals surface area contributed by atoms with E-state index in [2.05, 4.69) is 49.4 Å². The molecule has 0 spiro atoms. The van der Waals surface area contributed by atoms with Gasteiger partial charge in [-0.2, -0.15) is 0 Å². The summed E-state index contributed by atoms with van der Waals surface area (Å²) in [6.45, 7) is 2.94. The first-order chi connectivity index (χ1) is 7.84. The monoisotopic (exact) mass is 210 g/mol. The Kier molecular flexibility index (Phi) is 2.17. The van der Waals surface area contributed by atoms with Crippen LogP contribution in [-0.4, -0.2) is 6.61 Å². The molecule has 2 aromatic carbocycles. The Morgan fingerprint density at radius 3 is 2.69 bits per heavy atom. The van der Waals surface area contributed by atoms with Gasteiger partial charge in [0, 0.05) is 12.0 Å². The lowest BCUT2D eigenvalue weighted by atomic mass is 9.96. The minimum atomic E-state index is 0.818. The van der Waals surface area contributed by atoms with Crippen molar-refractivity contribution in [2.24, 2.45) is 0 Å². The van der Waals surface area contributed by atoms with Crippen molar-refractivity contribution in [3.05, 3.63) is 53.6 Å². The lowest BCUT2D eigenvalue weighted by Crippen LogP contribution is -1.87. The second-order valence-corrected chi connectivity index (χ2v) is 4.25. The molecule has 0 aliphatic carbocycles. The summed E-state index contributed by atoms with van der Waals surface area (Å²) in [6, 6.07) is 14.9. The van der Waals surface area contributed by atoms with Gasteiger partial charge >= 0.3 is 0 Å². The molecule has 0 bridgehead atoms. The zero-order chi connectivity index (χ0) is 11.0. The van der Waals surface area contributed by atoms with Crippen molar-refractivity contribution < 1.29 is 4.74 Å². The molecule has 1 heteroatoms. The lowest BCUT2D eigenvalue weighted by Gasteiger charge is -2.08. The summed E-state index contributed by atoms with van der Waals surface area (Å²) in [7, 11) is 0. The molecule has 1 aliphatic rings. The fourth-order valence-corrected chi connectivity index (χ4v) is 2.31. The molecule has 1 aliphatic heterocycles. The Morgan fingerprint density at radius 2 is 1.88 bits per heavy atom. The molecular weight excluding hydrogens is 196 g/mol. The second kappa shape index (κ2) is 3.67. The molecular formula is C15H14O. The third-order valence-electron chi connectivity index (χ3n) is 3.05. The predicted molar refractivity (Wildman–Crippen MR) is 65.8 cm³/mol. The van der Waals surface area contributed by atoms with Gasteiger partial charge in [0.2, 0.25) is 0 Å². The van der Waals surface area contributed by atoms with E-state index in [1.54, 1.807) is 0 Å². The molecule has 80 valence electrons. The van der Waals surface area contributed by atoms with Crippen LogP contribution in [-0.2, 0) is 6.42 Å². The minimum Gasteiger partial charge on any atom is -0.493 e. The number of hydrogen-bond acceptors (Lipinski definition) is 1. The van der Waals surface area contributed by atoms with Gasteiger partial charge in [0.25, 0.3) is 0 Å². The number of benzene rings is 2. The average molecular weight is 210 g/mol. The zero-order valence-electron chi connectivity index (χ0n) is 9.36. The van der Waals surface area contributed by atoms with Crippen LogP contribution in [0.5, 0.6) is 5.75 Å². The van der Waals surface area contributed by atoms with Crippen LogP contribution in [0.4, 0.5) is 0 Å². The molecule has 0 atom stereocenters. The summed E-state index contributed by atoms with van der Waals surface area (Å²) >= 11 is 0. The number of aryl methyl sites for hydroxylation is 1. The first-order valence-corrected chi connectivity index (χ1v) is 5.66. The lowest BCUT2D eigenvalue weighted by molar-refractivity contribution is 0.356. The van der Waals surface area contributed by atoms with Crippen molar-refractivity contribution >= 4 is 0 Å². The maximum atomic E-state index is 5.64. The van der Waals surface area contributed by atoms with E-state index in [1.807, 2.05) is 0 Å². The van der Waals surface area contributed by atoms with Crippen molar-refractivity contribution in [2.75, 3.05) is 6.61 Å². The van der Waals surface area contributed by atoms with Crippen LogP contribution in [0.3, 0.4) is 0 Å². The maximum absolute atomic E-state index is 5.64. The van der Waals surface area contributed by atoms with Gasteiger partial charge in [0.15, 0.2) is 0 Å². The summed E-state index contributed by atoms with van der Waals surface area (Å²) in [4.78, 5) is 0. The van der Waals surface area contributed by atoms with Crippen LogP contribution in [0, 0.1) is 6.92 Å². The molecule has 0 saturated carbocycles. The van der Waals surface area contributed by atoms with Gasteiger partial charge in [0.1, 0.15) is 5.75 Å². The molecule has 3 rings (SSSR count). The summed E-state index contributed by atoms with van der Waals surface area (Å²) < 4.78 is 5.64. The van der Waals surface area contributed by atoms with E-state index < -0.39 is 0 Å². The minimum absolute atomic E-state index is 0.818. The largest absolute Gasteiger partial charge is 0.493 e. The summed E-state index contributed by atoms with van der Waals surface area (Å²) in [5.41, 5.74) is 5.23. The Hall–Kier alpha value is -1.76. The number of rotatable bonds is 1. The average Bonchev–Trinajstić information content (AvgIpc) is 2.77. The normalized spacial score (nSPS) is 13.3. The summed E-state index contributed by atoms with van der Waals surface area (Å²) in [5.74, 6) is 1.07. The third kappa shape index (κ3) is 1.49. The third-order valence-corrected chi connectivity index (χ3v) is 3.05. The van der Waals surface area contributed by atoms with Crippen LogP contribution in [0.1, 0.15) is 11.1 Å². The van der Waals surface area contributed by atoms with Crippen LogP contribution >= 0.6 is 0 Å². The van der Waals surface area contributed by atoms with E-state index in [4.69, 9.17) is 4.74 Å². The molecule has 0 fully saturated rings. The van der Waals surface area contributed by atoms with E-state index in [0.717, 1.165) is 18.8 Å². The van der Waals surface area contributed by atoms with Crippen molar-refractivity contribution in [1.29, 1.82) is 0 Å². The number of ether oxygens (including phenoxy) is 1. The van der Waals surface area contributed by atoms with Gasteiger partial charge in [0.05, 0.1) is 6.61 Å². The molecule has 0 aromatic heterocycles. The zero-order valence-corrected chi connectivity index (χ0v) is 9.36. The summed E-state index contributed by atoms with van der Waals surface area (Å²) in [5, 5.41) is 0. The SMILES string of the molecule is Cc1cc2c(c(-c3ccccc3)c1)CCO2.